The second-order valence-electron chi connectivity index (χ2n) is 5.52. The van der Waals surface area contributed by atoms with Gasteiger partial charge < -0.3 is 10.7 Å². The van der Waals surface area contributed by atoms with E-state index >= 15 is 0 Å². The minimum Gasteiger partial charge on any atom is -0.351 e. The van der Waals surface area contributed by atoms with E-state index in [9.17, 15) is 4.79 Å². The molecule has 0 aliphatic heterocycles. The van der Waals surface area contributed by atoms with Crippen LogP contribution in [-0.4, -0.2) is 17.4 Å². The van der Waals surface area contributed by atoms with Gasteiger partial charge in [-0.05, 0) is 43.1 Å². The highest BCUT2D eigenvalue weighted by Crippen LogP contribution is 2.60. The molecule has 1 aromatic heterocycles. The van der Waals surface area contributed by atoms with Gasteiger partial charge in [-0.25, -0.2) is 10.8 Å². The van der Waals surface area contributed by atoms with Crippen LogP contribution in [0.15, 0.2) is 12.3 Å². The first kappa shape index (κ1) is 12.7. The molecule has 0 radical (unpaired) electrons. The molecule has 5 nitrogen and oxygen atoms in total. The van der Waals surface area contributed by atoms with Crippen molar-refractivity contribution in [3.63, 3.8) is 0 Å². The molecule has 0 spiro atoms. The number of nitrogens with one attached hydrogen (secondary N) is 2. The van der Waals surface area contributed by atoms with Crippen LogP contribution in [0.4, 0.5) is 5.82 Å². The molecule has 3 rings (SSSR count). The van der Waals surface area contributed by atoms with Crippen molar-refractivity contribution >= 4 is 23.3 Å². The standard InChI is InChI=1S/C13H17ClN4O/c14-10-5-8(6-16-11(10)18-15)12(19)17-7-13(3-4-13)9-1-2-9/h5-6,9H,1-4,7,15H2,(H,16,18)(H,17,19). The van der Waals surface area contributed by atoms with Crippen LogP contribution in [0.2, 0.25) is 5.02 Å². The Morgan fingerprint density at radius 1 is 1.53 bits per heavy atom. The van der Waals surface area contributed by atoms with Gasteiger partial charge in [0.05, 0.1) is 10.6 Å². The molecule has 2 fully saturated rings. The van der Waals surface area contributed by atoms with Gasteiger partial charge in [-0.1, -0.05) is 11.6 Å². The maximum Gasteiger partial charge on any atom is 0.252 e. The van der Waals surface area contributed by atoms with E-state index in [1.807, 2.05) is 0 Å². The molecule has 1 amide bonds. The van der Waals surface area contributed by atoms with Crippen LogP contribution in [0.1, 0.15) is 36.0 Å². The summed E-state index contributed by atoms with van der Waals surface area (Å²) in [5, 5.41) is 3.34. The van der Waals surface area contributed by atoms with E-state index in [0.717, 1.165) is 12.5 Å². The summed E-state index contributed by atoms with van der Waals surface area (Å²) >= 11 is 5.95. The summed E-state index contributed by atoms with van der Waals surface area (Å²) in [4.78, 5) is 16.0. The summed E-state index contributed by atoms with van der Waals surface area (Å²) in [5.74, 6) is 6.33. The number of hydrogen-bond acceptors (Lipinski definition) is 4. The quantitative estimate of drug-likeness (QED) is 0.569. The van der Waals surface area contributed by atoms with E-state index in [-0.39, 0.29) is 5.91 Å². The monoisotopic (exact) mass is 280 g/mol. The number of anilines is 1. The summed E-state index contributed by atoms with van der Waals surface area (Å²) in [6.07, 6.45) is 6.60. The molecule has 0 aromatic carbocycles. The molecule has 0 atom stereocenters. The van der Waals surface area contributed by atoms with Gasteiger partial charge in [-0.2, -0.15) is 0 Å². The van der Waals surface area contributed by atoms with Crippen molar-refractivity contribution < 1.29 is 4.79 Å². The number of halogens is 1. The predicted octanol–water partition coefficient (Wildman–Crippen LogP) is 1.94. The van der Waals surface area contributed by atoms with Crippen molar-refractivity contribution in [1.29, 1.82) is 0 Å². The van der Waals surface area contributed by atoms with Gasteiger partial charge >= 0.3 is 0 Å². The Morgan fingerprint density at radius 2 is 2.26 bits per heavy atom. The Kier molecular flexibility index (Phi) is 3.11. The third-order valence-corrected chi connectivity index (χ3v) is 4.46. The number of amides is 1. The van der Waals surface area contributed by atoms with Gasteiger partial charge in [0.15, 0.2) is 5.82 Å². The summed E-state index contributed by atoms with van der Waals surface area (Å²) < 4.78 is 0. The first-order valence-corrected chi connectivity index (χ1v) is 6.93. The molecular formula is C13H17ClN4O. The number of pyridine rings is 1. The normalized spacial score (nSPS) is 19.9. The molecule has 1 heterocycles. The highest BCUT2D eigenvalue weighted by molar-refractivity contribution is 6.33. The number of carbonyl (C=O) groups excluding carboxylic acids is 1. The van der Waals surface area contributed by atoms with Crippen LogP contribution in [0, 0.1) is 11.3 Å². The topological polar surface area (TPSA) is 80.0 Å². The number of carbonyl (C=O) groups is 1. The lowest BCUT2D eigenvalue weighted by Crippen LogP contribution is -2.31. The van der Waals surface area contributed by atoms with Gasteiger partial charge in [-0.15, -0.1) is 0 Å². The van der Waals surface area contributed by atoms with E-state index in [4.69, 9.17) is 17.4 Å². The summed E-state index contributed by atoms with van der Waals surface area (Å²) in [7, 11) is 0. The van der Waals surface area contributed by atoms with Gasteiger partial charge in [0.1, 0.15) is 0 Å². The van der Waals surface area contributed by atoms with E-state index in [1.54, 1.807) is 6.07 Å². The van der Waals surface area contributed by atoms with Gasteiger partial charge in [0, 0.05) is 12.7 Å². The SMILES string of the molecule is NNc1ncc(C(=O)NCC2(C3CC3)CC2)cc1Cl. The molecule has 102 valence electrons. The summed E-state index contributed by atoms with van der Waals surface area (Å²) in [6.45, 7) is 0.769. The highest BCUT2D eigenvalue weighted by atomic mass is 35.5. The zero-order chi connectivity index (χ0) is 13.5. The van der Waals surface area contributed by atoms with Crippen molar-refractivity contribution in [3.05, 3.63) is 22.8 Å². The van der Waals surface area contributed by atoms with Gasteiger partial charge in [0.2, 0.25) is 0 Å². The average Bonchev–Trinajstić information content (AvgIpc) is 3.28. The molecular weight excluding hydrogens is 264 g/mol. The fourth-order valence-corrected chi connectivity index (χ4v) is 2.83. The number of nitrogens with zero attached hydrogens (tertiary/aromatic N) is 1. The summed E-state index contributed by atoms with van der Waals surface area (Å²) in [5.41, 5.74) is 3.24. The van der Waals surface area contributed by atoms with Gasteiger partial charge in [-0.3, -0.25) is 4.79 Å². The molecule has 1 aromatic rings. The Balaban J connectivity index is 1.62. The minimum atomic E-state index is -0.120. The van der Waals surface area contributed by atoms with E-state index in [1.165, 1.54) is 31.9 Å². The van der Waals surface area contributed by atoms with Crippen LogP contribution >= 0.6 is 11.6 Å². The lowest BCUT2D eigenvalue weighted by atomic mass is 10.0. The van der Waals surface area contributed by atoms with Crippen LogP contribution < -0.4 is 16.6 Å². The lowest BCUT2D eigenvalue weighted by molar-refractivity contribution is 0.0942. The minimum absolute atomic E-state index is 0.120. The Hall–Kier alpha value is -1.33. The third-order valence-electron chi connectivity index (χ3n) is 4.18. The maximum atomic E-state index is 12.1. The lowest BCUT2D eigenvalue weighted by Gasteiger charge is -2.15. The smallest absolute Gasteiger partial charge is 0.252 e. The Bertz CT molecular complexity index is 511. The second kappa shape index (κ2) is 4.65. The zero-order valence-electron chi connectivity index (χ0n) is 10.6. The molecule has 19 heavy (non-hydrogen) atoms. The maximum absolute atomic E-state index is 12.1. The second-order valence-corrected chi connectivity index (χ2v) is 5.93. The van der Waals surface area contributed by atoms with Crippen molar-refractivity contribution in [2.75, 3.05) is 12.0 Å². The molecule has 2 saturated carbocycles. The van der Waals surface area contributed by atoms with E-state index in [0.29, 0.717) is 21.8 Å². The predicted molar refractivity (Wildman–Crippen MR) is 73.8 cm³/mol. The Labute approximate surface area is 116 Å². The molecule has 0 saturated heterocycles. The largest absolute Gasteiger partial charge is 0.351 e. The average molecular weight is 281 g/mol. The van der Waals surface area contributed by atoms with Crippen LogP contribution in [0.5, 0.6) is 0 Å². The number of aromatic nitrogens is 1. The van der Waals surface area contributed by atoms with Crippen molar-refractivity contribution in [2.45, 2.75) is 25.7 Å². The van der Waals surface area contributed by atoms with Crippen molar-refractivity contribution in [2.24, 2.45) is 17.2 Å². The molecule has 6 heteroatoms. The van der Waals surface area contributed by atoms with Crippen LogP contribution in [-0.2, 0) is 0 Å². The number of rotatable bonds is 5. The Morgan fingerprint density at radius 3 is 2.79 bits per heavy atom. The molecule has 0 bridgehead atoms. The van der Waals surface area contributed by atoms with E-state index < -0.39 is 0 Å². The fourth-order valence-electron chi connectivity index (χ4n) is 2.61. The van der Waals surface area contributed by atoms with Crippen molar-refractivity contribution in [3.8, 4) is 0 Å². The first-order chi connectivity index (χ1) is 9.14. The highest BCUT2D eigenvalue weighted by Gasteiger charge is 2.53. The summed E-state index contributed by atoms with van der Waals surface area (Å²) in [6, 6.07) is 1.58. The molecule has 4 N–H and O–H groups in total. The first-order valence-electron chi connectivity index (χ1n) is 6.55. The third kappa shape index (κ3) is 2.53. The number of nitrogen functional groups attached to an aromatic ring is 1. The zero-order valence-corrected chi connectivity index (χ0v) is 11.3. The van der Waals surface area contributed by atoms with E-state index in [2.05, 4.69) is 15.7 Å². The molecule has 2 aliphatic rings. The number of hydrogen-bond donors (Lipinski definition) is 3. The number of hydrazine groups is 1. The van der Waals surface area contributed by atoms with Crippen molar-refractivity contribution in [1.82, 2.24) is 10.3 Å². The molecule has 0 unspecified atom stereocenters. The van der Waals surface area contributed by atoms with Crippen LogP contribution in [0.25, 0.3) is 0 Å². The van der Waals surface area contributed by atoms with Crippen LogP contribution in [0.3, 0.4) is 0 Å². The van der Waals surface area contributed by atoms with Gasteiger partial charge in [0.25, 0.3) is 5.91 Å². The molecule has 2 aliphatic carbocycles. The fraction of sp³-hybridized carbons (Fsp3) is 0.538. The number of nitrogens with two attached hydrogens (primary N) is 1.